The topological polar surface area (TPSA) is 113 Å². The number of benzene rings is 1. The minimum Gasteiger partial charge on any atom is -0.330 e. The van der Waals surface area contributed by atoms with E-state index in [-0.39, 0.29) is 30.7 Å². The van der Waals surface area contributed by atoms with Crippen LogP contribution in [0.1, 0.15) is 65.4 Å². The van der Waals surface area contributed by atoms with E-state index in [0.717, 1.165) is 23.0 Å². The summed E-state index contributed by atoms with van der Waals surface area (Å²) in [5.41, 5.74) is 3.06. The number of piperidine rings is 1. The first-order valence-corrected chi connectivity index (χ1v) is 11.4. The summed E-state index contributed by atoms with van der Waals surface area (Å²) < 4.78 is 2.10. The molecule has 4 heterocycles. The number of aromatic nitrogens is 2. The van der Waals surface area contributed by atoms with Gasteiger partial charge in [0.1, 0.15) is 11.7 Å². The molecule has 1 saturated heterocycles. The second-order valence-electron chi connectivity index (χ2n) is 8.84. The normalized spacial score (nSPS) is 18.7. The molecule has 2 aliphatic heterocycles. The Morgan fingerprint density at radius 3 is 2.82 bits per heavy atom. The van der Waals surface area contributed by atoms with Crippen LogP contribution >= 0.6 is 0 Å². The van der Waals surface area contributed by atoms with Crippen LogP contribution in [0.15, 0.2) is 42.7 Å². The van der Waals surface area contributed by atoms with Gasteiger partial charge >= 0.3 is 0 Å². The molecule has 3 aromatic rings. The number of imide groups is 1. The second kappa shape index (κ2) is 8.40. The van der Waals surface area contributed by atoms with E-state index in [4.69, 9.17) is 0 Å². The molecule has 2 N–H and O–H groups in total. The molecule has 5 rings (SSSR count). The van der Waals surface area contributed by atoms with Crippen LogP contribution in [0.3, 0.4) is 0 Å². The molecule has 0 aliphatic carbocycles. The van der Waals surface area contributed by atoms with Crippen LogP contribution in [0.5, 0.6) is 0 Å². The third-order valence-electron chi connectivity index (χ3n) is 6.66. The van der Waals surface area contributed by atoms with Crippen LogP contribution in [-0.2, 0) is 16.1 Å². The lowest BCUT2D eigenvalue weighted by Crippen LogP contribution is -2.52. The van der Waals surface area contributed by atoms with Crippen LogP contribution < -0.4 is 10.6 Å². The molecule has 1 fully saturated rings. The van der Waals surface area contributed by atoms with Crippen molar-refractivity contribution < 1.29 is 19.2 Å². The van der Waals surface area contributed by atoms with Crippen molar-refractivity contribution in [3.63, 3.8) is 0 Å². The lowest BCUT2D eigenvalue weighted by molar-refractivity contribution is -0.136. The van der Waals surface area contributed by atoms with E-state index in [9.17, 15) is 19.2 Å². The molecule has 0 saturated carbocycles. The van der Waals surface area contributed by atoms with Crippen LogP contribution in [-0.4, -0.2) is 44.1 Å². The van der Waals surface area contributed by atoms with Crippen molar-refractivity contribution in [2.45, 2.75) is 51.7 Å². The fourth-order valence-electron chi connectivity index (χ4n) is 4.58. The van der Waals surface area contributed by atoms with E-state index in [1.165, 1.54) is 4.90 Å². The van der Waals surface area contributed by atoms with Crippen molar-refractivity contribution in [1.29, 1.82) is 0 Å². The number of anilines is 1. The number of fused-ring (bicyclic) bond motifs is 2. The van der Waals surface area contributed by atoms with Gasteiger partial charge < -0.3 is 14.8 Å². The predicted octanol–water partition coefficient (Wildman–Crippen LogP) is 3.02. The van der Waals surface area contributed by atoms with E-state index in [2.05, 4.69) is 34.0 Å². The molecule has 0 bridgehead atoms. The van der Waals surface area contributed by atoms with Gasteiger partial charge in [0.05, 0.1) is 5.56 Å². The molecule has 2 aromatic heterocycles. The van der Waals surface area contributed by atoms with E-state index < -0.39 is 11.9 Å². The van der Waals surface area contributed by atoms with Crippen LogP contribution in [0, 0.1) is 0 Å². The first kappa shape index (κ1) is 21.8. The average molecular weight is 460 g/mol. The molecule has 2 aliphatic rings. The Morgan fingerprint density at radius 2 is 2.06 bits per heavy atom. The summed E-state index contributed by atoms with van der Waals surface area (Å²) >= 11 is 0. The number of carbonyl (C=O) groups is 4. The van der Waals surface area contributed by atoms with E-state index >= 15 is 0 Å². The molecule has 0 spiro atoms. The molecule has 174 valence electrons. The Hall–Kier alpha value is -4.01. The lowest BCUT2D eigenvalue weighted by Gasteiger charge is -2.29. The Kier molecular flexibility index (Phi) is 5.39. The first-order valence-electron chi connectivity index (χ1n) is 11.4. The minimum atomic E-state index is -0.670. The van der Waals surface area contributed by atoms with Crippen molar-refractivity contribution in [3.8, 4) is 0 Å². The Bertz CT molecular complexity index is 1340. The molecular formula is C25H25N5O4. The summed E-state index contributed by atoms with van der Waals surface area (Å²) in [5.74, 6) is -1.31. The predicted molar refractivity (Wildman–Crippen MR) is 125 cm³/mol. The standard InChI is InChI=1S/C25H25N5O4/c1-3-14(2)29-9-8-15-10-16(12-26-22(15)29)23(32)27-18-4-5-19-17(11-18)13-30(25(19)34)20-6-7-21(31)28-24(20)33/h4-5,8-12,14,20H,3,6-7,13H2,1-2H3,(H,27,32)(H,28,31,33). The van der Waals surface area contributed by atoms with Gasteiger partial charge in [0.15, 0.2) is 0 Å². The van der Waals surface area contributed by atoms with Crippen molar-refractivity contribution >= 4 is 40.3 Å². The fourth-order valence-corrected chi connectivity index (χ4v) is 4.58. The van der Waals surface area contributed by atoms with Crippen LogP contribution in [0.4, 0.5) is 5.69 Å². The minimum absolute atomic E-state index is 0.205. The van der Waals surface area contributed by atoms with Gasteiger partial charge in [-0.15, -0.1) is 0 Å². The fraction of sp³-hybridized carbons (Fsp3) is 0.320. The van der Waals surface area contributed by atoms with Gasteiger partial charge in [-0.1, -0.05) is 6.92 Å². The Balaban J connectivity index is 1.32. The molecule has 2 atom stereocenters. The maximum absolute atomic E-state index is 12.9. The molecule has 9 heteroatoms. The van der Waals surface area contributed by atoms with Gasteiger partial charge in [-0.25, -0.2) is 4.98 Å². The van der Waals surface area contributed by atoms with E-state index in [0.29, 0.717) is 29.3 Å². The molecule has 34 heavy (non-hydrogen) atoms. The highest BCUT2D eigenvalue weighted by Gasteiger charge is 2.39. The first-order chi connectivity index (χ1) is 16.4. The molecule has 2 unspecified atom stereocenters. The van der Waals surface area contributed by atoms with Crippen molar-refractivity contribution in [2.24, 2.45) is 0 Å². The maximum Gasteiger partial charge on any atom is 0.257 e. The Labute approximate surface area is 196 Å². The zero-order valence-corrected chi connectivity index (χ0v) is 19.0. The third kappa shape index (κ3) is 3.72. The SMILES string of the molecule is CCC(C)n1ccc2cc(C(=O)Nc3ccc4c(c3)CN(C3CCC(=O)NC3=O)C4=O)cnc21. The summed E-state index contributed by atoms with van der Waals surface area (Å²) in [6, 6.07) is 8.51. The number of carbonyl (C=O) groups excluding carboxylic acids is 4. The summed E-state index contributed by atoms with van der Waals surface area (Å²) in [6.07, 6.45) is 5.05. The van der Waals surface area contributed by atoms with Gasteiger partial charge in [-0.3, -0.25) is 24.5 Å². The van der Waals surface area contributed by atoms with Gasteiger partial charge in [0.2, 0.25) is 11.8 Å². The maximum atomic E-state index is 12.9. The van der Waals surface area contributed by atoms with Crippen molar-refractivity contribution in [3.05, 3.63) is 59.4 Å². The number of hydrogen-bond donors (Lipinski definition) is 2. The zero-order valence-electron chi connectivity index (χ0n) is 19.0. The monoisotopic (exact) mass is 459 g/mol. The van der Waals surface area contributed by atoms with Crippen LogP contribution in [0.25, 0.3) is 11.0 Å². The summed E-state index contributed by atoms with van der Waals surface area (Å²) in [6.45, 7) is 4.50. The van der Waals surface area contributed by atoms with Gasteiger partial charge in [0.25, 0.3) is 11.8 Å². The van der Waals surface area contributed by atoms with E-state index in [1.807, 2.05) is 18.3 Å². The number of amides is 4. The quantitative estimate of drug-likeness (QED) is 0.570. The van der Waals surface area contributed by atoms with Crippen LogP contribution in [0.2, 0.25) is 0 Å². The molecule has 9 nitrogen and oxygen atoms in total. The highest BCUT2D eigenvalue weighted by molar-refractivity contribution is 6.07. The second-order valence-corrected chi connectivity index (χ2v) is 8.84. The molecule has 1 aromatic carbocycles. The molecular weight excluding hydrogens is 434 g/mol. The Morgan fingerprint density at radius 1 is 1.24 bits per heavy atom. The summed E-state index contributed by atoms with van der Waals surface area (Å²) in [5, 5.41) is 6.07. The van der Waals surface area contributed by atoms with Gasteiger partial charge in [-0.2, -0.15) is 0 Å². The van der Waals surface area contributed by atoms with E-state index in [1.54, 1.807) is 24.4 Å². The number of hydrogen-bond acceptors (Lipinski definition) is 5. The number of nitrogens with zero attached hydrogens (tertiary/aromatic N) is 3. The van der Waals surface area contributed by atoms with Gasteiger partial charge in [-0.05, 0) is 55.7 Å². The smallest absolute Gasteiger partial charge is 0.257 e. The summed E-state index contributed by atoms with van der Waals surface area (Å²) in [4.78, 5) is 55.4. The van der Waals surface area contributed by atoms with Crippen molar-refractivity contribution in [2.75, 3.05) is 5.32 Å². The highest BCUT2D eigenvalue weighted by atomic mass is 16.2. The third-order valence-corrected chi connectivity index (χ3v) is 6.66. The lowest BCUT2D eigenvalue weighted by atomic mass is 10.0. The summed E-state index contributed by atoms with van der Waals surface area (Å²) in [7, 11) is 0. The molecule has 4 amide bonds. The number of nitrogens with one attached hydrogen (secondary N) is 2. The highest BCUT2D eigenvalue weighted by Crippen LogP contribution is 2.30. The van der Waals surface area contributed by atoms with Crippen molar-refractivity contribution in [1.82, 2.24) is 19.8 Å². The number of rotatable bonds is 5. The number of pyridine rings is 1. The zero-order chi connectivity index (χ0) is 24.0. The molecule has 0 radical (unpaired) electrons. The largest absolute Gasteiger partial charge is 0.330 e. The average Bonchev–Trinajstić information content (AvgIpc) is 3.39. The van der Waals surface area contributed by atoms with Gasteiger partial charge in [0, 0.05) is 48.0 Å².